The highest BCUT2D eigenvalue weighted by atomic mass is 16.5. The zero-order valence-corrected chi connectivity index (χ0v) is 16.7. The molecule has 4 rings (SSSR count). The Hall–Kier alpha value is -4.00. The largest absolute Gasteiger partial charge is 0.490 e. The van der Waals surface area contributed by atoms with E-state index in [1.807, 2.05) is 54.6 Å². The second kappa shape index (κ2) is 9.67. The fraction of sp³-hybridized carbons (Fsp3) is 0.167. The number of benzene rings is 3. The molecule has 0 saturated heterocycles. The Balaban J connectivity index is 1.27. The van der Waals surface area contributed by atoms with Gasteiger partial charge in [-0.2, -0.15) is 0 Å². The molecule has 1 heterocycles. The summed E-state index contributed by atoms with van der Waals surface area (Å²) >= 11 is 0. The number of hydrogen-bond acceptors (Lipinski definition) is 5. The Morgan fingerprint density at radius 1 is 0.839 bits per heavy atom. The maximum atomic E-state index is 12.6. The zero-order chi connectivity index (χ0) is 21.5. The molecule has 1 atom stereocenters. The van der Waals surface area contributed by atoms with E-state index in [9.17, 15) is 9.59 Å². The first kappa shape index (κ1) is 20.3. The molecule has 0 unspecified atom stereocenters. The summed E-state index contributed by atoms with van der Waals surface area (Å²) in [7, 11) is 0. The van der Waals surface area contributed by atoms with Crippen LogP contribution in [0, 0.1) is 0 Å². The summed E-state index contributed by atoms with van der Waals surface area (Å²) in [6.07, 6.45) is -0.224. The van der Waals surface area contributed by atoms with Crippen LogP contribution in [0.4, 0.5) is 0 Å². The second-order valence-electron chi connectivity index (χ2n) is 6.87. The highest BCUT2D eigenvalue weighted by Crippen LogP contribution is 2.28. The van der Waals surface area contributed by atoms with Crippen molar-refractivity contribution in [2.45, 2.75) is 12.5 Å². The van der Waals surface area contributed by atoms with Crippen LogP contribution in [-0.4, -0.2) is 31.1 Å². The van der Waals surface area contributed by atoms with Gasteiger partial charge in [-0.15, -0.1) is 0 Å². The third-order valence-corrected chi connectivity index (χ3v) is 4.72. The first-order valence-corrected chi connectivity index (χ1v) is 9.95. The van der Waals surface area contributed by atoms with Crippen LogP contribution in [0.3, 0.4) is 0 Å². The highest BCUT2D eigenvalue weighted by Gasteiger charge is 2.29. The molecule has 0 fully saturated rings. The number of carbonyl (C=O) groups is 2. The number of para-hydroxylation sites is 3. The van der Waals surface area contributed by atoms with Gasteiger partial charge in [0.15, 0.2) is 6.10 Å². The summed E-state index contributed by atoms with van der Waals surface area (Å²) in [6, 6.07) is 23.7. The Morgan fingerprint density at radius 3 is 2.39 bits per heavy atom. The van der Waals surface area contributed by atoms with Gasteiger partial charge in [-0.25, -0.2) is 0 Å². The zero-order valence-electron chi connectivity index (χ0n) is 16.7. The van der Waals surface area contributed by atoms with Gasteiger partial charge in [-0.3, -0.25) is 20.4 Å². The lowest BCUT2D eigenvalue weighted by Crippen LogP contribution is -2.47. The van der Waals surface area contributed by atoms with Crippen molar-refractivity contribution in [3.63, 3.8) is 0 Å². The smallest absolute Gasteiger partial charge is 0.279 e. The summed E-state index contributed by atoms with van der Waals surface area (Å²) in [4.78, 5) is 25.0. The quantitative estimate of drug-likeness (QED) is 0.455. The standard InChI is InChI=1S/C24H22N2O5/c27-23(25-26-24(28)22-16-17-8-4-6-12-20(17)31-22)19-11-5-7-13-21(19)30-15-14-29-18-9-2-1-3-10-18/h1-13,22H,14-16H2,(H,25,27)(H,26,28)/t22-/m1/s1. The number of carbonyl (C=O) groups excluding carboxylic acids is 2. The molecule has 7 heteroatoms. The van der Waals surface area contributed by atoms with Crippen molar-refractivity contribution < 1.29 is 23.8 Å². The van der Waals surface area contributed by atoms with Crippen LogP contribution in [0.1, 0.15) is 15.9 Å². The predicted octanol–water partition coefficient (Wildman–Crippen LogP) is 2.91. The Kier molecular flexibility index (Phi) is 6.32. The van der Waals surface area contributed by atoms with E-state index in [1.165, 1.54) is 0 Å². The van der Waals surface area contributed by atoms with Crippen LogP contribution in [0.25, 0.3) is 0 Å². The normalized spacial score (nSPS) is 14.1. The molecule has 1 aliphatic rings. The molecule has 31 heavy (non-hydrogen) atoms. The van der Waals surface area contributed by atoms with E-state index in [2.05, 4.69) is 10.9 Å². The monoisotopic (exact) mass is 418 g/mol. The van der Waals surface area contributed by atoms with Crippen LogP contribution in [0.5, 0.6) is 17.2 Å². The predicted molar refractivity (Wildman–Crippen MR) is 114 cm³/mol. The highest BCUT2D eigenvalue weighted by molar-refractivity contribution is 5.98. The van der Waals surface area contributed by atoms with E-state index in [0.717, 1.165) is 11.3 Å². The van der Waals surface area contributed by atoms with Gasteiger partial charge in [-0.05, 0) is 35.9 Å². The van der Waals surface area contributed by atoms with Crippen molar-refractivity contribution in [3.05, 3.63) is 90.0 Å². The number of nitrogens with one attached hydrogen (secondary N) is 2. The molecule has 2 amide bonds. The van der Waals surface area contributed by atoms with Gasteiger partial charge in [0.25, 0.3) is 11.8 Å². The average Bonchev–Trinajstić information content (AvgIpc) is 3.25. The van der Waals surface area contributed by atoms with E-state index < -0.39 is 17.9 Å². The second-order valence-corrected chi connectivity index (χ2v) is 6.87. The van der Waals surface area contributed by atoms with Crippen LogP contribution in [-0.2, 0) is 11.2 Å². The van der Waals surface area contributed by atoms with Crippen molar-refractivity contribution in [2.75, 3.05) is 13.2 Å². The third-order valence-electron chi connectivity index (χ3n) is 4.72. The number of hydrazine groups is 1. The maximum Gasteiger partial charge on any atom is 0.279 e. The van der Waals surface area contributed by atoms with Gasteiger partial charge in [0.05, 0.1) is 5.56 Å². The van der Waals surface area contributed by atoms with E-state index in [4.69, 9.17) is 14.2 Å². The van der Waals surface area contributed by atoms with E-state index in [1.54, 1.807) is 24.3 Å². The lowest BCUT2D eigenvalue weighted by atomic mass is 10.1. The van der Waals surface area contributed by atoms with Gasteiger partial charge in [0.2, 0.25) is 0 Å². The van der Waals surface area contributed by atoms with Crippen molar-refractivity contribution >= 4 is 11.8 Å². The fourth-order valence-electron chi connectivity index (χ4n) is 3.20. The topological polar surface area (TPSA) is 85.9 Å². The molecule has 0 aromatic heterocycles. The maximum absolute atomic E-state index is 12.6. The van der Waals surface area contributed by atoms with Gasteiger partial charge in [0.1, 0.15) is 30.5 Å². The molecule has 158 valence electrons. The molecule has 2 N–H and O–H groups in total. The lowest BCUT2D eigenvalue weighted by molar-refractivity contribution is -0.128. The summed E-state index contributed by atoms with van der Waals surface area (Å²) in [5, 5.41) is 0. The average molecular weight is 418 g/mol. The first-order valence-electron chi connectivity index (χ1n) is 9.95. The van der Waals surface area contributed by atoms with Crippen molar-refractivity contribution in [2.24, 2.45) is 0 Å². The number of ether oxygens (including phenoxy) is 3. The molecule has 3 aromatic carbocycles. The third kappa shape index (κ3) is 5.14. The van der Waals surface area contributed by atoms with Crippen LogP contribution in [0.2, 0.25) is 0 Å². The van der Waals surface area contributed by atoms with E-state index in [0.29, 0.717) is 30.1 Å². The first-order chi connectivity index (χ1) is 15.2. The molecule has 0 aliphatic carbocycles. The fourth-order valence-corrected chi connectivity index (χ4v) is 3.20. The molecular weight excluding hydrogens is 396 g/mol. The van der Waals surface area contributed by atoms with Gasteiger partial charge < -0.3 is 14.2 Å². The van der Waals surface area contributed by atoms with E-state index in [-0.39, 0.29) is 6.61 Å². The Morgan fingerprint density at radius 2 is 1.55 bits per heavy atom. The summed E-state index contributed by atoms with van der Waals surface area (Å²) in [6.45, 7) is 0.593. The number of amides is 2. The molecule has 3 aromatic rings. The lowest BCUT2D eigenvalue weighted by Gasteiger charge is -2.14. The minimum absolute atomic E-state index is 0.264. The van der Waals surface area contributed by atoms with Crippen molar-refractivity contribution in [1.82, 2.24) is 10.9 Å². The minimum Gasteiger partial charge on any atom is -0.490 e. The minimum atomic E-state index is -0.681. The molecule has 0 bridgehead atoms. The molecule has 0 spiro atoms. The van der Waals surface area contributed by atoms with Gasteiger partial charge in [-0.1, -0.05) is 48.5 Å². The Bertz CT molecular complexity index is 1030. The SMILES string of the molecule is O=C(NNC(=O)[C@H]1Cc2ccccc2O1)c1ccccc1OCCOc1ccccc1. The van der Waals surface area contributed by atoms with Gasteiger partial charge >= 0.3 is 0 Å². The Labute approximate surface area is 179 Å². The molecule has 0 radical (unpaired) electrons. The number of rotatable bonds is 7. The molecule has 1 aliphatic heterocycles. The van der Waals surface area contributed by atoms with E-state index >= 15 is 0 Å². The van der Waals surface area contributed by atoms with Crippen LogP contribution in [0.15, 0.2) is 78.9 Å². The summed E-state index contributed by atoms with van der Waals surface area (Å²) in [5.74, 6) is 0.930. The molecular formula is C24H22N2O5. The van der Waals surface area contributed by atoms with Crippen LogP contribution < -0.4 is 25.1 Å². The number of hydrogen-bond donors (Lipinski definition) is 2. The van der Waals surface area contributed by atoms with Crippen LogP contribution >= 0.6 is 0 Å². The van der Waals surface area contributed by atoms with Crippen molar-refractivity contribution in [3.8, 4) is 17.2 Å². The summed E-state index contributed by atoms with van der Waals surface area (Å²) in [5.41, 5.74) is 6.13. The van der Waals surface area contributed by atoms with Gasteiger partial charge in [0, 0.05) is 6.42 Å². The van der Waals surface area contributed by atoms with Crippen molar-refractivity contribution in [1.29, 1.82) is 0 Å². The molecule has 0 saturated carbocycles. The summed E-state index contributed by atoms with van der Waals surface area (Å²) < 4.78 is 16.9. The number of fused-ring (bicyclic) bond motifs is 1. The molecule has 7 nitrogen and oxygen atoms in total.